The highest BCUT2D eigenvalue weighted by Crippen LogP contribution is 2.32. The second-order valence-electron chi connectivity index (χ2n) is 3.52. The van der Waals surface area contributed by atoms with Gasteiger partial charge in [-0.2, -0.15) is 0 Å². The van der Waals surface area contributed by atoms with E-state index < -0.39 is 5.40 Å². The molecule has 0 saturated carbocycles. The van der Waals surface area contributed by atoms with Crippen LogP contribution >= 0.6 is 27.7 Å². The minimum absolute atomic E-state index is 0.355. The summed E-state index contributed by atoms with van der Waals surface area (Å²) in [6.07, 6.45) is 1.86. The van der Waals surface area contributed by atoms with Crippen LogP contribution in [0.25, 0.3) is 0 Å². The number of benzene rings is 1. The number of hydrogen-bond donors (Lipinski definition) is 1. The number of halogens is 2. The van der Waals surface area contributed by atoms with E-state index in [4.69, 9.17) is 0 Å². The van der Waals surface area contributed by atoms with Crippen LogP contribution in [0.4, 0.5) is 4.39 Å². The van der Waals surface area contributed by atoms with E-state index in [9.17, 15) is 9.50 Å². The van der Waals surface area contributed by atoms with Crippen LogP contribution in [0.15, 0.2) is 21.5 Å². The lowest BCUT2D eigenvalue weighted by Crippen LogP contribution is -2.28. The molecule has 0 spiro atoms. The topological polar surface area (TPSA) is 20.2 Å². The Hall–Kier alpha value is 0.0699. The summed E-state index contributed by atoms with van der Waals surface area (Å²) >= 11 is 4.64. The molecule has 0 amide bonds. The highest BCUT2D eigenvalue weighted by atomic mass is 79.9. The van der Waals surface area contributed by atoms with E-state index in [1.54, 1.807) is 21.8 Å². The van der Waals surface area contributed by atoms with Gasteiger partial charge in [0.1, 0.15) is 21.5 Å². The third-order valence-electron chi connectivity index (χ3n) is 1.85. The largest absolute Gasteiger partial charge is 0.403 e. The number of rotatable bonds is 2. The summed E-state index contributed by atoms with van der Waals surface area (Å²) in [6.45, 7) is 0. The first-order valence-electron chi connectivity index (χ1n) is 4.12. The number of hydrogen-bond acceptors (Lipinski definition) is 2. The van der Waals surface area contributed by atoms with E-state index in [0.717, 1.165) is 4.90 Å². The van der Waals surface area contributed by atoms with E-state index in [-0.39, 0.29) is 5.82 Å². The molecular formula is C8H10B2BrFOS. The zero-order valence-electron chi connectivity index (χ0n) is 8.27. The Labute approximate surface area is 97.4 Å². The van der Waals surface area contributed by atoms with Crippen molar-refractivity contribution in [3.63, 3.8) is 0 Å². The van der Waals surface area contributed by atoms with Gasteiger partial charge in [-0.1, -0.05) is 15.9 Å². The van der Waals surface area contributed by atoms with Gasteiger partial charge in [0.05, 0.1) is 0 Å². The summed E-state index contributed by atoms with van der Waals surface area (Å²) in [4.78, 5) is 0.754. The first-order valence-corrected chi connectivity index (χ1v) is 6.14. The van der Waals surface area contributed by atoms with Gasteiger partial charge in [0, 0.05) is 20.3 Å². The maximum absolute atomic E-state index is 13.6. The average Bonchev–Trinajstić information content (AvgIpc) is 1.99. The molecule has 6 heteroatoms. The minimum Gasteiger partial charge on any atom is -0.403 e. The van der Waals surface area contributed by atoms with Crippen LogP contribution in [-0.4, -0.2) is 27.1 Å². The lowest BCUT2D eigenvalue weighted by atomic mass is 9.61. The smallest absolute Gasteiger partial charge is 0.137 e. The molecule has 0 bridgehead atoms. The van der Waals surface area contributed by atoms with Crippen molar-refractivity contribution in [3.8, 4) is 0 Å². The predicted molar refractivity (Wildman–Crippen MR) is 66.9 cm³/mol. The monoisotopic (exact) mass is 274 g/mol. The molecule has 0 atom stereocenters. The quantitative estimate of drug-likeness (QED) is 0.632. The molecule has 0 aromatic heterocycles. The van der Waals surface area contributed by atoms with Crippen LogP contribution in [-0.2, 0) is 5.40 Å². The molecule has 14 heavy (non-hydrogen) atoms. The van der Waals surface area contributed by atoms with Crippen molar-refractivity contribution < 1.29 is 9.50 Å². The van der Waals surface area contributed by atoms with Gasteiger partial charge in [-0.15, -0.1) is 11.8 Å². The lowest BCUT2D eigenvalue weighted by Gasteiger charge is -2.22. The summed E-state index contributed by atoms with van der Waals surface area (Å²) in [5, 5.41) is 8.65. The fourth-order valence-electron chi connectivity index (χ4n) is 1.30. The minimum atomic E-state index is -1.15. The average molecular weight is 275 g/mol. The zero-order valence-corrected chi connectivity index (χ0v) is 10.7. The van der Waals surface area contributed by atoms with Crippen LogP contribution in [0.2, 0.25) is 0 Å². The van der Waals surface area contributed by atoms with Gasteiger partial charge in [-0.05, 0) is 18.4 Å². The van der Waals surface area contributed by atoms with Crippen molar-refractivity contribution in [2.24, 2.45) is 0 Å². The molecule has 0 heterocycles. The molecule has 0 fully saturated rings. The fourth-order valence-corrected chi connectivity index (χ4v) is 2.68. The van der Waals surface area contributed by atoms with E-state index in [1.165, 1.54) is 17.8 Å². The van der Waals surface area contributed by atoms with E-state index in [2.05, 4.69) is 15.9 Å². The molecule has 1 N–H and O–H groups in total. The third-order valence-corrected chi connectivity index (χ3v) is 3.07. The zero-order chi connectivity index (χ0) is 10.9. The molecule has 0 aliphatic carbocycles. The second kappa shape index (κ2) is 4.29. The molecule has 1 rings (SSSR count). The summed E-state index contributed by atoms with van der Waals surface area (Å²) in [5.74, 6) is -0.378. The molecule has 74 valence electrons. The van der Waals surface area contributed by atoms with Crippen LogP contribution in [0.1, 0.15) is 5.56 Å². The molecule has 1 aromatic carbocycles. The van der Waals surface area contributed by atoms with Gasteiger partial charge in [0.15, 0.2) is 0 Å². The van der Waals surface area contributed by atoms with Crippen molar-refractivity contribution in [1.82, 2.24) is 0 Å². The van der Waals surface area contributed by atoms with Gasteiger partial charge in [-0.3, -0.25) is 0 Å². The normalized spacial score (nSPS) is 11.7. The highest BCUT2D eigenvalue weighted by molar-refractivity contribution is 9.10. The van der Waals surface area contributed by atoms with Gasteiger partial charge < -0.3 is 5.11 Å². The van der Waals surface area contributed by atoms with E-state index in [1.807, 2.05) is 6.26 Å². The predicted octanol–water partition coefficient (Wildman–Crippen LogP) is 0.679. The maximum atomic E-state index is 13.6. The van der Waals surface area contributed by atoms with Gasteiger partial charge >= 0.3 is 0 Å². The van der Waals surface area contributed by atoms with Crippen LogP contribution in [0.3, 0.4) is 0 Å². The molecule has 0 unspecified atom stereocenters. The summed E-state index contributed by atoms with van der Waals surface area (Å²) in [7, 11) is 3.16. The maximum Gasteiger partial charge on any atom is 0.137 e. The van der Waals surface area contributed by atoms with Crippen molar-refractivity contribution >= 4 is 43.4 Å². The van der Waals surface area contributed by atoms with Crippen molar-refractivity contribution in [3.05, 3.63) is 28.0 Å². The van der Waals surface area contributed by atoms with Gasteiger partial charge in [0.2, 0.25) is 0 Å². The second-order valence-corrected chi connectivity index (χ2v) is 5.29. The van der Waals surface area contributed by atoms with Gasteiger partial charge in [0.25, 0.3) is 0 Å². The van der Waals surface area contributed by atoms with Crippen LogP contribution < -0.4 is 0 Å². The number of thioether (sulfide) groups is 1. The fraction of sp³-hybridized carbons (Fsp3) is 0.250. The molecule has 0 radical (unpaired) electrons. The Balaban J connectivity index is 3.40. The molecular weight excluding hydrogens is 265 g/mol. The number of aliphatic hydroxyl groups is 1. The van der Waals surface area contributed by atoms with Crippen molar-refractivity contribution in [1.29, 1.82) is 0 Å². The van der Waals surface area contributed by atoms with Crippen LogP contribution in [0.5, 0.6) is 0 Å². The Morgan fingerprint density at radius 1 is 1.50 bits per heavy atom. The lowest BCUT2D eigenvalue weighted by molar-refractivity contribution is 0.208. The van der Waals surface area contributed by atoms with E-state index >= 15 is 0 Å². The SMILES string of the molecule is BC(B)(O)c1c(F)cc(Br)cc1SC. The Morgan fingerprint density at radius 2 is 2.07 bits per heavy atom. The van der Waals surface area contributed by atoms with E-state index in [0.29, 0.717) is 10.0 Å². The first kappa shape index (κ1) is 12.1. The van der Waals surface area contributed by atoms with Crippen molar-refractivity contribution in [2.45, 2.75) is 10.3 Å². The Morgan fingerprint density at radius 3 is 2.50 bits per heavy atom. The Bertz CT molecular complexity index is 354. The standard InChI is InChI=1S/C8H10B2BrFOS/c1-14-6-3-4(11)2-5(12)7(6)8(9,10)13/h2-3,13H,9-10H2,1H3. The molecule has 1 nitrogen and oxygen atoms in total. The van der Waals surface area contributed by atoms with Crippen LogP contribution in [0, 0.1) is 5.82 Å². The molecule has 1 aromatic rings. The summed E-state index contributed by atoms with van der Waals surface area (Å²) < 4.78 is 14.3. The third kappa shape index (κ3) is 2.55. The van der Waals surface area contributed by atoms with Gasteiger partial charge in [-0.25, -0.2) is 4.39 Å². The van der Waals surface area contributed by atoms with Crippen molar-refractivity contribution in [2.75, 3.05) is 6.26 Å². The Kier molecular flexibility index (Phi) is 3.72. The summed E-state index contributed by atoms with van der Waals surface area (Å²) in [5.41, 5.74) is 0.355. The molecule has 0 aliphatic heterocycles. The molecule has 0 aliphatic rings. The first-order chi connectivity index (χ1) is 6.36. The highest BCUT2D eigenvalue weighted by Gasteiger charge is 2.24. The summed E-state index contributed by atoms with van der Waals surface area (Å²) in [6, 6.07) is 3.17. The molecule has 0 saturated heterocycles.